The Labute approximate surface area is 233 Å². The van der Waals surface area contributed by atoms with E-state index in [9.17, 15) is 14.7 Å². The third kappa shape index (κ3) is 5.29. The summed E-state index contributed by atoms with van der Waals surface area (Å²) in [5.41, 5.74) is 4.50. The topological polar surface area (TPSA) is 104 Å². The molecule has 9 heteroatoms. The van der Waals surface area contributed by atoms with E-state index in [2.05, 4.69) is 39.5 Å². The molecule has 0 aliphatic carbocycles. The Morgan fingerprint density at radius 2 is 1.75 bits per heavy atom. The summed E-state index contributed by atoms with van der Waals surface area (Å²) in [6.07, 6.45) is 3.14. The molecule has 2 N–H and O–H groups in total. The first kappa shape index (κ1) is 26.0. The summed E-state index contributed by atoms with van der Waals surface area (Å²) in [4.78, 5) is 38.8. The fraction of sp³-hybridized carbons (Fsp3) is 0.355. The number of amides is 1. The molecular weight excluding hydrogens is 504 g/mol. The predicted octanol–water partition coefficient (Wildman–Crippen LogP) is 4.77. The van der Waals surface area contributed by atoms with E-state index in [1.807, 2.05) is 47.9 Å². The molecule has 6 rings (SSSR count). The van der Waals surface area contributed by atoms with E-state index in [-0.39, 0.29) is 17.6 Å². The summed E-state index contributed by atoms with van der Waals surface area (Å²) in [6.45, 7) is 5.49. The number of hydrogen-bond donors (Lipinski definition) is 2. The lowest BCUT2D eigenvalue weighted by atomic mass is 10.0. The molecule has 9 nitrogen and oxygen atoms in total. The number of aryl methyl sites for hydroxylation is 1. The highest BCUT2D eigenvalue weighted by Crippen LogP contribution is 2.29. The minimum atomic E-state index is -0.883. The van der Waals surface area contributed by atoms with E-state index in [1.165, 1.54) is 10.5 Å². The zero-order valence-electron chi connectivity index (χ0n) is 22.7. The van der Waals surface area contributed by atoms with Crippen molar-refractivity contribution in [3.05, 3.63) is 88.3 Å². The Kier molecular flexibility index (Phi) is 7.21. The number of nitrogens with one attached hydrogen (secondary N) is 1. The first-order valence-corrected chi connectivity index (χ1v) is 14.0. The van der Waals surface area contributed by atoms with Crippen LogP contribution in [0.1, 0.15) is 36.4 Å². The average Bonchev–Trinajstić information content (AvgIpc) is 3.42. The van der Waals surface area contributed by atoms with Crippen LogP contribution in [0.5, 0.6) is 0 Å². The molecule has 0 saturated carbocycles. The largest absolute Gasteiger partial charge is 0.465 e. The summed E-state index contributed by atoms with van der Waals surface area (Å²) in [6, 6.07) is 20.4. The zero-order valence-corrected chi connectivity index (χ0v) is 22.7. The van der Waals surface area contributed by atoms with Gasteiger partial charge in [0.1, 0.15) is 5.65 Å². The first-order chi connectivity index (χ1) is 19.5. The van der Waals surface area contributed by atoms with Crippen molar-refractivity contribution in [2.45, 2.75) is 44.8 Å². The SMILES string of the molecule is Cc1ccccc1-c1cc2cnc(NC3CCN(C(=O)O)CC3)nc2n([C@H]2CCN(Cc3ccccc3)C2)c1=O. The molecule has 206 valence electrons. The lowest BCUT2D eigenvalue weighted by Gasteiger charge is -2.30. The van der Waals surface area contributed by atoms with Crippen LogP contribution in [0, 0.1) is 6.92 Å². The maximum Gasteiger partial charge on any atom is 0.407 e. The van der Waals surface area contributed by atoms with Gasteiger partial charge in [0, 0.05) is 55.9 Å². The fourth-order valence-corrected chi connectivity index (χ4v) is 6.00. The van der Waals surface area contributed by atoms with Gasteiger partial charge in [-0.1, -0.05) is 54.6 Å². The van der Waals surface area contributed by atoms with Crippen LogP contribution >= 0.6 is 0 Å². The van der Waals surface area contributed by atoms with E-state index >= 15 is 0 Å². The number of anilines is 1. The summed E-state index contributed by atoms with van der Waals surface area (Å²) in [7, 11) is 0. The van der Waals surface area contributed by atoms with E-state index in [1.54, 1.807) is 6.20 Å². The Morgan fingerprint density at radius 3 is 2.50 bits per heavy atom. The number of fused-ring (bicyclic) bond motifs is 1. The van der Waals surface area contributed by atoms with Gasteiger partial charge >= 0.3 is 6.09 Å². The molecule has 2 aromatic carbocycles. The van der Waals surface area contributed by atoms with Crippen molar-refractivity contribution in [3.63, 3.8) is 0 Å². The Morgan fingerprint density at radius 1 is 1.00 bits per heavy atom. The third-order valence-electron chi connectivity index (χ3n) is 8.17. The maximum absolute atomic E-state index is 14.2. The van der Waals surface area contributed by atoms with Crippen molar-refractivity contribution in [2.75, 3.05) is 31.5 Å². The molecule has 0 unspecified atom stereocenters. The van der Waals surface area contributed by atoms with Gasteiger partial charge in [-0.15, -0.1) is 0 Å². The number of likely N-dealkylation sites (tertiary alicyclic amines) is 2. The second-order valence-electron chi connectivity index (χ2n) is 10.9. The number of pyridine rings is 1. The Balaban J connectivity index is 1.35. The smallest absolute Gasteiger partial charge is 0.407 e. The van der Waals surface area contributed by atoms with E-state index in [0.29, 0.717) is 43.1 Å². The predicted molar refractivity (Wildman–Crippen MR) is 156 cm³/mol. The van der Waals surface area contributed by atoms with E-state index < -0.39 is 6.09 Å². The number of rotatable bonds is 6. The van der Waals surface area contributed by atoms with Crippen molar-refractivity contribution in [2.24, 2.45) is 0 Å². The van der Waals surface area contributed by atoms with Crippen LogP contribution < -0.4 is 10.9 Å². The van der Waals surface area contributed by atoms with Crippen LogP contribution in [0.4, 0.5) is 10.7 Å². The van der Waals surface area contributed by atoms with Crippen LogP contribution in [-0.2, 0) is 6.54 Å². The lowest BCUT2D eigenvalue weighted by molar-refractivity contribution is 0.133. The van der Waals surface area contributed by atoms with Gasteiger partial charge in [-0.05, 0) is 48.9 Å². The lowest BCUT2D eigenvalue weighted by Crippen LogP contribution is -2.41. The van der Waals surface area contributed by atoms with Gasteiger partial charge in [0.15, 0.2) is 0 Å². The van der Waals surface area contributed by atoms with Crippen LogP contribution in [0.15, 0.2) is 71.7 Å². The van der Waals surface area contributed by atoms with Crippen molar-refractivity contribution < 1.29 is 9.90 Å². The third-order valence-corrected chi connectivity index (χ3v) is 8.17. The molecule has 2 fully saturated rings. The number of benzene rings is 2. The van der Waals surface area contributed by atoms with Crippen LogP contribution in [-0.4, -0.2) is 67.8 Å². The van der Waals surface area contributed by atoms with Crippen LogP contribution in [0.2, 0.25) is 0 Å². The van der Waals surface area contributed by atoms with Gasteiger partial charge < -0.3 is 15.3 Å². The van der Waals surface area contributed by atoms with Gasteiger partial charge in [0.25, 0.3) is 5.56 Å². The summed E-state index contributed by atoms with van der Waals surface area (Å²) < 4.78 is 1.89. The molecule has 2 saturated heterocycles. The van der Waals surface area contributed by atoms with Gasteiger partial charge in [0.2, 0.25) is 5.95 Å². The molecule has 0 spiro atoms. The molecule has 1 amide bonds. The maximum atomic E-state index is 14.2. The molecule has 0 bridgehead atoms. The van der Waals surface area contributed by atoms with Crippen molar-refractivity contribution in [1.82, 2.24) is 24.3 Å². The number of piperidine rings is 1. The van der Waals surface area contributed by atoms with Gasteiger partial charge in [0.05, 0.1) is 6.04 Å². The summed E-state index contributed by atoms with van der Waals surface area (Å²) in [5.74, 6) is 0.470. The molecule has 2 aromatic heterocycles. The van der Waals surface area contributed by atoms with Crippen molar-refractivity contribution >= 4 is 23.1 Å². The van der Waals surface area contributed by atoms with Crippen molar-refractivity contribution in [3.8, 4) is 11.1 Å². The quantitative estimate of drug-likeness (QED) is 0.365. The minimum absolute atomic E-state index is 0.00997. The molecule has 4 aromatic rings. The standard InChI is InChI=1S/C31H34N6O3/c1-21-7-5-6-10-26(21)27-17-23-18-32-30(33-24-11-15-36(16-12-24)31(39)40)34-28(23)37(29(27)38)25-13-14-35(20-25)19-22-8-3-2-4-9-22/h2-10,17-18,24-25H,11-16,19-20H2,1H3,(H,39,40)(H,32,33,34)/t25-/m0/s1. The molecule has 1 atom stereocenters. The molecule has 4 heterocycles. The van der Waals surface area contributed by atoms with Gasteiger partial charge in [-0.25, -0.2) is 9.78 Å². The number of carboxylic acid groups (broad SMARTS) is 1. The second-order valence-corrected chi connectivity index (χ2v) is 10.9. The highest BCUT2D eigenvalue weighted by atomic mass is 16.4. The number of carbonyl (C=O) groups is 1. The second kappa shape index (κ2) is 11.1. The number of nitrogens with zero attached hydrogens (tertiary/aromatic N) is 5. The molecular formula is C31H34N6O3. The van der Waals surface area contributed by atoms with Gasteiger partial charge in [-0.2, -0.15) is 4.98 Å². The van der Waals surface area contributed by atoms with Crippen LogP contribution in [0.25, 0.3) is 22.2 Å². The van der Waals surface area contributed by atoms with E-state index in [4.69, 9.17) is 4.98 Å². The summed E-state index contributed by atoms with van der Waals surface area (Å²) in [5, 5.41) is 13.5. The number of hydrogen-bond acceptors (Lipinski definition) is 6. The highest BCUT2D eigenvalue weighted by Gasteiger charge is 2.28. The Bertz CT molecular complexity index is 1580. The highest BCUT2D eigenvalue weighted by molar-refractivity contribution is 5.82. The summed E-state index contributed by atoms with van der Waals surface area (Å²) >= 11 is 0. The zero-order chi connectivity index (χ0) is 27.6. The molecule has 40 heavy (non-hydrogen) atoms. The Hall–Kier alpha value is -4.24. The number of aromatic nitrogens is 3. The average molecular weight is 539 g/mol. The van der Waals surface area contributed by atoms with Crippen LogP contribution in [0.3, 0.4) is 0 Å². The molecule has 0 radical (unpaired) electrons. The monoisotopic (exact) mass is 538 g/mol. The fourth-order valence-electron chi connectivity index (χ4n) is 6.00. The minimum Gasteiger partial charge on any atom is -0.465 e. The first-order valence-electron chi connectivity index (χ1n) is 14.0. The van der Waals surface area contributed by atoms with Gasteiger partial charge in [-0.3, -0.25) is 14.3 Å². The van der Waals surface area contributed by atoms with E-state index in [0.717, 1.165) is 42.6 Å². The molecule has 2 aliphatic heterocycles. The van der Waals surface area contributed by atoms with Crippen molar-refractivity contribution in [1.29, 1.82) is 0 Å². The molecule has 2 aliphatic rings. The normalized spacial score (nSPS) is 18.3.